The number of likely N-dealkylation sites (tertiary alicyclic amines) is 1. The molecule has 6 nitrogen and oxygen atoms in total. The molecule has 0 spiro atoms. The molecule has 1 fully saturated rings. The molecular weight excluding hydrogens is 352 g/mol. The van der Waals surface area contributed by atoms with Gasteiger partial charge in [0.05, 0.1) is 12.7 Å². The number of methoxy groups -OCH3 is 1. The van der Waals surface area contributed by atoms with E-state index in [0.29, 0.717) is 17.3 Å². The Kier molecular flexibility index (Phi) is 6.98. The summed E-state index contributed by atoms with van der Waals surface area (Å²) in [7, 11) is 3.56. The smallest absolute Gasteiger partial charge is 0.256 e. The lowest BCUT2D eigenvalue weighted by Crippen LogP contribution is -2.42. The van der Waals surface area contributed by atoms with Gasteiger partial charge in [0.1, 0.15) is 11.6 Å². The van der Waals surface area contributed by atoms with Gasteiger partial charge < -0.3 is 14.5 Å². The largest absolute Gasteiger partial charge is 0.497 e. The van der Waals surface area contributed by atoms with Crippen LogP contribution in [0.2, 0.25) is 0 Å². The van der Waals surface area contributed by atoms with Gasteiger partial charge in [0, 0.05) is 39.1 Å². The molecule has 1 aliphatic rings. The number of carbonyl (C=O) groups excluding carboxylic acids is 1. The number of aromatic nitrogens is 2. The summed E-state index contributed by atoms with van der Waals surface area (Å²) in [5.74, 6) is 2.08. The van der Waals surface area contributed by atoms with Crippen molar-refractivity contribution in [1.82, 2.24) is 19.8 Å². The number of hydrogen-bond donors (Lipinski definition) is 0. The number of benzene rings is 1. The Morgan fingerprint density at radius 1 is 1.25 bits per heavy atom. The third kappa shape index (κ3) is 5.52. The molecule has 150 valence electrons. The van der Waals surface area contributed by atoms with Gasteiger partial charge in [-0.15, -0.1) is 0 Å². The molecule has 1 aromatic heterocycles. The molecule has 0 saturated carbocycles. The fraction of sp³-hybridized carbons (Fsp3) is 0.500. The Morgan fingerprint density at radius 3 is 2.64 bits per heavy atom. The molecule has 28 heavy (non-hydrogen) atoms. The van der Waals surface area contributed by atoms with Crippen molar-refractivity contribution in [3.63, 3.8) is 0 Å². The first-order valence-corrected chi connectivity index (χ1v) is 9.94. The second-order valence-corrected chi connectivity index (χ2v) is 7.61. The standard InChI is InChI=1S/C22H30N4O2/c1-17-23-13-20(14-24-17)22(27)25(2)15-19-5-4-11-26(16-19)12-10-18-6-8-21(28-3)9-7-18/h6-9,13-14,19H,4-5,10-12,15-16H2,1-3H3. The molecule has 0 bridgehead atoms. The van der Waals surface area contributed by atoms with E-state index in [9.17, 15) is 4.79 Å². The number of aryl methyl sites for hydroxylation is 1. The van der Waals surface area contributed by atoms with Gasteiger partial charge in [0.15, 0.2) is 0 Å². The normalized spacial score (nSPS) is 17.3. The molecule has 1 amide bonds. The highest BCUT2D eigenvalue weighted by atomic mass is 16.5. The summed E-state index contributed by atoms with van der Waals surface area (Å²) < 4.78 is 5.22. The molecule has 6 heteroatoms. The molecule has 3 rings (SSSR count). The molecule has 0 N–H and O–H groups in total. The lowest BCUT2D eigenvalue weighted by atomic mass is 9.97. The van der Waals surface area contributed by atoms with Crippen molar-refractivity contribution in [2.24, 2.45) is 5.92 Å². The molecule has 1 unspecified atom stereocenters. The van der Waals surface area contributed by atoms with Crippen LogP contribution in [0.5, 0.6) is 5.75 Å². The van der Waals surface area contributed by atoms with E-state index in [2.05, 4.69) is 27.0 Å². The monoisotopic (exact) mass is 382 g/mol. The molecule has 2 heterocycles. The summed E-state index contributed by atoms with van der Waals surface area (Å²) >= 11 is 0. The van der Waals surface area contributed by atoms with Crippen LogP contribution in [0.1, 0.15) is 34.6 Å². The first-order valence-electron chi connectivity index (χ1n) is 9.94. The van der Waals surface area contributed by atoms with Gasteiger partial charge >= 0.3 is 0 Å². The van der Waals surface area contributed by atoms with E-state index in [1.807, 2.05) is 31.0 Å². The number of piperidine rings is 1. The summed E-state index contributed by atoms with van der Waals surface area (Å²) in [6.45, 7) is 5.81. The zero-order valence-electron chi connectivity index (χ0n) is 17.1. The zero-order valence-corrected chi connectivity index (χ0v) is 17.1. The second-order valence-electron chi connectivity index (χ2n) is 7.61. The molecule has 1 atom stereocenters. The molecule has 1 aliphatic heterocycles. The zero-order chi connectivity index (χ0) is 19.9. The Hall–Kier alpha value is -2.47. The van der Waals surface area contributed by atoms with Crippen LogP contribution in [0.3, 0.4) is 0 Å². The highest BCUT2D eigenvalue weighted by Crippen LogP contribution is 2.19. The Bertz CT molecular complexity index is 761. The van der Waals surface area contributed by atoms with Crippen LogP contribution in [-0.4, -0.2) is 66.0 Å². The highest BCUT2D eigenvalue weighted by molar-refractivity contribution is 5.93. The van der Waals surface area contributed by atoms with Crippen molar-refractivity contribution in [3.05, 3.63) is 53.6 Å². The Labute approximate surface area is 167 Å². The van der Waals surface area contributed by atoms with E-state index in [1.165, 1.54) is 18.4 Å². The van der Waals surface area contributed by atoms with E-state index < -0.39 is 0 Å². The quantitative estimate of drug-likeness (QED) is 0.737. The summed E-state index contributed by atoms with van der Waals surface area (Å²) in [5, 5.41) is 0. The fourth-order valence-electron chi connectivity index (χ4n) is 3.78. The van der Waals surface area contributed by atoms with Crippen LogP contribution in [-0.2, 0) is 6.42 Å². The van der Waals surface area contributed by atoms with E-state index >= 15 is 0 Å². The third-order valence-corrected chi connectivity index (χ3v) is 5.39. The highest BCUT2D eigenvalue weighted by Gasteiger charge is 2.23. The van der Waals surface area contributed by atoms with Gasteiger partial charge in [-0.05, 0) is 56.3 Å². The van der Waals surface area contributed by atoms with Crippen LogP contribution >= 0.6 is 0 Å². The van der Waals surface area contributed by atoms with Gasteiger partial charge in [-0.25, -0.2) is 9.97 Å². The molecule has 1 aromatic carbocycles. The third-order valence-electron chi connectivity index (χ3n) is 5.39. The summed E-state index contributed by atoms with van der Waals surface area (Å²) in [6.07, 6.45) is 6.61. The van der Waals surface area contributed by atoms with Crippen LogP contribution in [0.25, 0.3) is 0 Å². The van der Waals surface area contributed by atoms with Crippen molar-refractivity contribution in [2.75, 3.05) is 40.3 Å². The molecular formula is C22H30N4O2. The van der Waals surface area contributed by atoms with Crippen molar-refractivity contribution in [1.29, 1.82) is 0 Å². The van der Waals surface area contributed by atoms with Crippen molar-refractivity contribution < 1.29 is 9.53 Å². The maximum Gasteiger partial charge on any atom is 0.256 e. The summed E-state index contributed by atoms with van der Waals surface area (Å²) in [6, 6.07) is 8.31. The van der Waals surface area contributed by atoms with Crippen LogP contribution in [0, 0.1) is 12.8 Å². The minimum absolute atomic E-state index is 0.00430. The number of nitrogens with zero attached hydrogens (tertiary/aromatic N) is 4. The molecule has 2 aromatic rings. The molecule has 0 radical (unpaired) electrons. The van der Waals surface area contributed by atoms with Gasteiger partial charge in [-0.2, -0.15) is 0 Å². The second kappa shape index (κ2) is 9.64. The Morgan fingerprint density at radius 2 is 1.96 bits per heavy atom. The SMILES string of the molecule is COc1ccc(CCN2CCCC(CN(C)C(=O)c3cnc(C)nc3)C2)cc1. The molecule has 0 aliphatic carbocycles. The lowest BCUT2D eigenvalue weighted by Gasteiger charge is -2.34. The predicted molar refractivity (Wildman–Crippen MR) is 110 cm³/mol. The van der Waals surface area contributed by atoms with Gasteiger partial charge in [0.25, 0.3) is 5.91 Å². The average Bonchev–Trinajstić information content (AvgIpc) is 2.73. The number of rotatable bonds is 7. The number of hydrogen-bond acceptors (Lipinski definition) is 5. The minimum Gasteiger partial charge on any atom is -0.497 e. The van der Waals surface area contributed by atoms with Crippen molar-refractivity contribution in [2.45, 2.75) is 26.2 Å². The predicted octanol–water partition coefficient (Wildman–Crippen LogP) is 2.82. The van der Waals surface area contributed by atoms with Crippen LogP contribution in [0.4, 0.5) is 0 Å². The Balaban J connectivity index is 1.48. The fourth-order valence-corrected chi connectivity index (χ4v) is 3.78. The van der Waals surface area contributed by atoms with E-state index in [1.54, 1.807) is 19.5 Å². The minimum atomic E-state index is -0.00430. The maximum atomic E-state index is 12.6. The van der Waals surface area contributed by atoms with Gasteiger partial charge in [0.2, 0.25) is 0 Å². The van der Waals surface area contributed by atoms with Crippen LogP contribution < -0.4 is 4.74 Å². The average molecular weight is 383 g/mol. The van der Waals surface area contributed by atoms with Crippen molar-refractivity contribution in [3.8, 4) is 5.75 Å². The number of amides is 1. The first kappa shape index (κ1) is 20.3. The van der Waals surface area contributed by atoms with E-state index in [0.717, 1.165) is 38.3 Å². The number of carbonyl (C=O) groups is 1. The van der Waals surface area contributed by atoms with Crippen LogP contribution in [0.15, 0.2) is 36.7 Å². The number of ether oxygens (including phenoxy) is 1. The van der Waals surface area contributed by atoms with Crippen molar-refractivity contribution >= 4 is 5.91 Å². The van der Waals surface area contributed by atoms with E-state index in [4.69, 9.17) is 4.74 Å². The summed E-state index contributed by atoms with van der Waals surface area (Å²) in [5.41, 5.74) is 1.88. The lowest BCUT2D eigenvalue weighted by molar-refractivity contribution is 0.0729. The van der Waals surface area contributed by atoms with E-state index in [-0.39, 0.29) is 5.91 Å². The van der Waals surface area contributed by atoms with Gasteiger partial charge in [-0.1, -0.05) is 12.1 Å². The molecule has 1 saturated heterocycles. The topological polar surface area (TPSA) is 58.6 Å². The first-order chi connectivity index (χ1) is 13.5. The maximum absolute atomic E-state index is 12.6. The van der Waals surface area contributed by atoms with Gasteiger partial charge in [-0.3, -0.25) is 4.79 Å². The summed E-state index contributed by atoms with van der Waals surface area (Å²) in [4.78, 5) is 25.2.